The molecule has 3 atom stereocenters. The lowest BCUT2D eigenvalue weighted by Crippen LogP contribution is -2.51. The first-order chi connectivity index (χ1) is 9.95. The Morgan fingerprint density at radius 1 is 1.43 bits per heavy atom. The Kier molecular flexibility index (Phi) is 4.63. The van der Waals surface area contributed by atoms with Crippen molar-refractivity contribution in [3.63, 3.8) is 0 Å². The number of carboxylic acids is 1. The Labute approximate surface area is 124 Å². The zero-order valence-electron chi connectivity index (χ0n) is 12.5. The molecule has 114 valence electrons. The van der Waals surface area contributed by atoms with Crippen molar-refractivity contribution in [2.75, 3.05) is 11.4 Å². The Bertz CT molecular complexity index is 544. The average molecular weight is 290 g/mol. The summed E-state index contributed by atoms with van der Waals surface area (Å²) < 4.78 is 0. The van der Waals surface area contributed by atoms with E-state index in [4.69, 9.17) is 5.73 Å². The Hall–Kier alpha value is -1.88. The number of nitrogens with zero attached hydrogens (tertiary/aromatic N) is 1. The van der Waals surface area contributed by atoms with Crippen LogP contribution in [0.2, 0.25) is 0 Å². The molecule has 0 saturated heterocycles. The van der Waals surface area contributed by atoms with Crippen molar-refractivity contribution in [2.24, 2.45) is 17.6 Å². The average Bonchev–Trinajstić information content (AvgIpc) is 2.51. The van der Waals surface area contributed by atoms with E-state index in [0.29, 0.717) is 6.42 Å². The number of hydrogen-bond acceptors (Lipinski definition) is 3. The van der Waals surface area contributed by atoms with Crippen molar-refractivity contribution in [2.45, 2.75) is 32.7 Å². The van der Waals surface area contributed by atoms with Crippen molar-refractivity contribution in [1.29, 1.82) is 0 Å². The Morgan fingerprint density at radius 3 is 2.71 bits per heavy atom. The van der Waals surface area contributed by atoms with Crippen molar-refractivity contribution >= 4 is 17.6 Å². The molecule has 21 heavy (non-hydrogen) atoms. The lowest BCUT2D eigenvalue weighted by Gasteiger charge is -2.35. The molecule has 0 aliphatic carbocycles. The smallest absolute Gasteiger partial charge is 0.308 e. The fraction of sp³-hybridized carbons (Fsp3) is 0.500. The highest BCUT2D eigenvalue weighted by atomic mass is 16.4. The topological polar surface area (TPSA) is 83.6 Å². The highest BCUT2D eigenvalue weighted by Gasteiger charge is 2.35. The SMILES string of the molecule is CCC(C)C(N)C(=O)N1CC(C(=O)O)Cc2ccccc21. The van der Waals surface area contributed by atoms with Crippen LogP contribution in [0.4, 0.5) is 5.69 Å². The van der Waals surface area contributed by atoms with E-state index < -0.39 is 17.9 Å². The second kappa shape index (κ2) is 6.26. The molecule has 5 nitrogen and oxygen atoms in total. The molecule has 0 aromatic heterocycles. The normalized spacial score (nSPS) is 20.5. The number of amides is 1. The maximum atomic E-state index is 12.6. The van der Waals surface area contributed by atoms with E-state index in [2.05, 4.69) is 0 Å². The number of fused-ring (bicyclic) bond motifs is 1. The largest absolute Gasteiger partial charge is 0.481 e. The lowest BCUT2D eigenvalue weighted by molar-refractivity contribution is -0.141. The molecule has 3 unspecified atom stereocenters. The summed E-state index contributed by atoms with van der Waals surface area (Å²) in [5.41, 5.74) is 7.72. The molecule has 0 spiro atoms. The van der Waals surface area contributed by atoms with E-state index in [1.54, 1.807) is 4.90 Å². The number of carboxylic acid groups (broad SMARTS) is 1. The highest BCUT2D eigenvalue weighted by Crippen LogP contribution is 2.30. The molecular formula is C16H22N2O3. The number of carbonyl (C=O) groups is 2. The molecule has 1 aromatic rings. The molecule has 1 aliphatic heterocycles. The summed E-state index contributed by atoms with van der Waals surface area (Å²) in [6.45, 7) is 4.12. The first kappa shape index (κ1) is 15.5. The van der Waals surface area contributed by atoms with Crippen LogP contribution in [-0.2, 0) is 16.0 Å². The lowest BCUT2D eigenvalue weighted by atomic mass is 9.90. The van der Waals surface area contributed by atoms with Gasteiger partial charge < -0.3 is 15.7 Å². The predicted molar refractivity (Wildman–Crippen MR) is 81.1 cm³/mol. The second-order valence-electron chi connectivity index (χ2n) is 5.73. The molecular weight excluding hydrogens is 268 g/mol. The first-order valence-corrected chi connectivity index (χ1v) is 7.33. The Balaban J connectivity index is 2.33. The molecule has 5 heteroatoms. The van der Waals surface area contributed by atoms with Gasteiger partial charge in [0.2, 0.25) is 5.91 Å². The summed E-state index contributed by atoms with van der Waals surface area (Å²) in [5, 5.41) is 9.29. The predicted octanol–water partition coefficient (Wildman–Crippen LogP) is 1.65. The summed E-state index contributed by atoms with van der Waals surface area (Å²) in [6, 6.07) is 6.85. The van der Waals surface area contributed by atoms with Crippen LogP contribution in [0.15, 0.2) is 24.3 Å². The standard InChI is InChI=1S/C16H22N2O3/c1-3-10(2)14(17)15(19)18-9-12(16(20)21)8-11-6-4-5-7-13(11)18/h4-7,10,12,14H,3,8-9,17H2,1-2H3,(H,20,21). The molecule has 1 amide bonds. The number of rotatable bonds is 4. The molecule has 1 aromatic carbocycles. The van der Waals surface area contributed by atoms with Crippen LogP contribution in [-0.4, -0.2) is 29.6 Å². The number of aliphatic carboxylic acids is 1. The quantitative estimate of drug-likeness (QED) is 0.883. The summed E-state index contributed by atoms with van der Waals surface area (Å²) in [5.74, 6) is -1.58. The maximum absolute atomic E-state index is 12.6. The van der Waals surface area contributed by atoms with Crippen LogP contribution in [0.5, 0.6) is 0 Å². The van der Waals surface area contributed by atoms with Crippen LogP contribution in [0, 0.1) is 11.8 Å². The van der Waals surface area contributed by atoms with Gasteiger partial charge in [0, 0.05) is 12.2 Å². The Morgan fingerprint density at radius 2 is 2.10 bits per heavy atom. The minimum absolute atomic E-state index is 0.0647. The third kappa shape index (κ3) is 3.08. The van der Waals surface area contributed by atoms with E-state index in [1.807, 2.05) is 38.1 Å². The summed E-state index contributed by atoms with van der Waals surface area (Å²) in [7, 11) is 0. The number of carbonyl (C=O) groups excluding carboxylic acids is 1. The van der Waals surface area contributed by atoms with Crippen LogP contribution in [0.3, 0.4) is 0 Å². The second-order valence-corrected chi connectivity index (χ2v) is 5.73. The summed E-state index contributed by atoms with van der Waals surface area (Å²) >= 11 is 0. The van der Waals surface area contributed by atoms with Gasteiger partial charge in [-0.2, -0.15) is 0 Å². The monoisotopic (exact) mass is 290 g/mol. The molecule has 2 rings (SSSR count). The molecule has 1 heterocycles. The van der Waals surface area contributed by atoms with Crippen molar-refractivity contribution in [3.8, 4) is 0 Å². The van der Waals surface area contributed by atoms with Gasteiger partial charge in [-0.15, -0.1) is 0 Å². The number of para-hydroxylation sites is 1. The van der Waals surface area contributed by atoms with Gasteiger partial charge in [-0.25, -0.2) is 0 Å². The van der Waals surface area contributed by atoms with Crippen LogP contribution in [0.1, 0.15) is 25.8 Å². The number of anilines is 1. The van der Waals surface area contributed by atoms with Gasteiger partial charge in [0.05, 0.1) is 12.0 Å². The van der Waals surface area contributed by atoms with Gasteiger partial charge in [0.1, 0.15) is 0 Å². The van der Waals surface area contributed by atoms with Crippen molar-refractivity contribution in [1.82, 2.24) is 0 Å². The molecule has 0 saturated carbocycles. The molecule has 0 radical (unpaired) electrons. The van der Waals surface area contributed by atoms with Gasteiger partial charge in [-0.1, -0.05) is 38.5 Å². The minimum Gasteiger partial charge on any atom is -0.481 e. The van der Waals surface area contributed by atoms with Gasteiger partial charge in [0.15, 0.2) is 0 Å². The van der Waals surface area contributed by atoms with Crippen LogP contribution in [0.25, 0.3) is 0 Å². The van der Waals surface area contributed by atoms with E-state index in [1.165, 1.54) is 0 Å². The number of benzene rings is 1. The maximum Gasteiger partial charge on any atom is 0.308 e. The molecule has 3 N–H and O–H groups in total. The third-order valence-corrected chi connectivity index (χ3v) is 4.31. The van der Waals surface area contributed by atoms with Crippen LogP contribution >= 0.6 is 0 Å². The third-order valence-electron chi connectivity index (χ3n) is 4.31. The first-order valence-electron chi connectivity index (χ1n) is 7.33. The van der Waals surface area contributed by atoms with Gasteiger partial charge in [-0.3, -0.25) is 9.59 Å². The molecule has 0 fully saturated rings. The van der Waals surface area contributed by atoms with Crippen LogP contribution < -0.4 is 10.6 Å². The van der Waals surface area contributed by atoms with Gasteiger partial charge >= 0.3 is 5.97 Å². The molecule has 1 aliphatic rings. The molecule has 0 bridgehead atoms. The van der Waals surface area contributed by atoms with Gasteiger partial charge in [-0.05, 0) is 24.0 Å². The summed E-state index contributed by atoms with van der Waals surface area (Å²) in [6.07, 6.45) is 1.26. The van der Waals surface area contributed by atoms with Crippen molar-refractivity contribution < 1.29 is 14.7 Å². The fourth-order valence-corrected chi connectivity index (χ4v) is 2.65. The summed E-state index contributed by atoms with van der Waals surface area (Å²) in [4.78, 5) is 25.5. The van der Waals surface area contributed by atoms with E-state index >= 15 is 0 Å². The minimum atomic E-state index is -0.876. The number of nitrogens with two attached hydrogens (primary N) is 1. The van der Waals surface area contributed by atoms with E-state index in [9.17, 15) is 14.7 Å². The highest BCUT2D eigenvalue weighted by molar-refractivity contribution is 5.99. The van der Waals surface area contributed by atoms with E-state index in [0.717, 1.165) is 17.7 Å². The fourth-order valence-electron chi connectivity index (χ4n) is 2.65. The zero-order valence-corrected chi connectivity index (χ0v) is 12.5. The zero-order chi connectivity index (χ0) is 15.6. The van der Waals surface area contributed by atoms with E-state index in [-0.39, 0.29) is 18.4 Å². The van der Waals surface area contributed by atoms with Gasteiger partial charge in [0.25, 0.3) is 0 Å². The number of hydrogen-bond donors (Lipinski definition) is 2. The van der Waals surface area contributed by atoms with Crippen molar-refractivity contribution in [3.05, 3.63) is 29.8 Å².